The molecule has 1 aliphatic heterocycles. The van der Waals surface area contributed by atoms with Crippen LogP contribution in [-0.4, -0.2) is 50.5 Å². The lowest BCUT2D eigenvalue weighted by atomic mass is 10.3. The van der Waals surface area contributed by atoms with Gasteiger partial charge in [-0.15, -0.1) is 0 Å². The number of nitrogens with zero attached hydrogens (tertiary/aromatic N) is 7. The van der Waals surface area contributed by atoms with Crippen molar-refractivity contribution in [3.8, 4) is 0 Å². The van der Waals surface area contributed by atoms with Gasteiger partial charge in [0, 0.05) is 57.2 Å². The molecule has 26 heavy (non-hydrogen) atoms. The Kier molecular flexibility index (Phi) is 3.89. The maximum absolute atomic E-state index is 12.9. The van der Waals surface area contributed by atoms with Gasteiger partial charge in [-0.3, -0.25) is 0 Å². The average Bonchev–Trinajstić information content (AvgIpc) is 3.07. The lowest BCUT2D eigenvalue weighted by molar-refractivity contribution is -0.140. The molecule has 0 atom stereocenters. The molecular formula is C16H16F3N7. The number of aromatic nitrogens is 5. The Morgan fingerprint density at radius 2 is 1.62 bits per heavy atom. The van der Waals surface area contributed by atoms with Crippen molar-refractivity contribution in [3.05, 3.63) is 42.2 Å². The van der Waals surface area contributed by atoms with Crippen LogP contribution >= 0.6 is 0 Å². The molecule has 0 unspecified atom stereocenters. The zero-order valence-corrected chi connectivity index (χ0v) is 14.0. The lowest BCUT2D eigenvalue weighted by Crippen LogP contribution is -2.47. The molecule has 1 aliphatic rings. The van der Waals surface area contributed by atoms with Gasteiger partial charge in [0.1, 0.15) is 0 Å². The number of aryl methyl sites for hydroxylation is 1. The maximum atomic E-state index is 12.9. The molecule has 0 amide bonds. The molecule has 0 aliphatic carbocycles. The molecule has 0 N–H and O–H groups in total. The second kappa shape index (κ2) is 6.11. The molecule has 0 saturated carbocycles. The van der Waals surface area contributed by atoms with Gasteiger partial charge in [-0.2, -0.15) is 13.2 Å². The molecule has 10 heteroatoms. The van der Waals surface area contributed by atoms with E-state index in [2.05, 4.69) is 19.9 Å². The van der Waals surface area contributed by atoms with Gasteiger partial charge in [0.25, 0.3) is 0 Å². The van der Waals surface area contributed by atoms with Gasteiger partial charge in [-0.1, -0.05) is 0 Å². The fraction of sp³-hybridized carbons (Fsp3) is 0.375. The SMILES string of the molecule is Cc1cnc(N2CCN(c3nccn4cc(C(F)(F)F)nc34)CC2)nc1. The molecule has 136 valence electrons. The molecule has 0 aromatic carbocycles. The van der Waals surface area contributed by atoms with Gasteiger partial charge in [-0.25, -0.2) is 19.9 Å². The van der Waals surface area contributed by atoms with E-state index in [-0.39, 0.29) is 5.65 Å². The third-order valence-electron chi connectivity index (χ3n) is 4.28. The van der Waals surface area contributed by atoms with E-state index in [1.807, 2.05) is 16.7 Å². The first-order valence-corrected chi connectivity index (χ1v) is 8.11. The molecule has 4 heterocycles. The smallest absolute Gasteiger partial charge is 0.350 e. The minimum absolute atomic E-state index is 0.208. The Morgan fingerprint density at radius 1 is 0.962 bits per heavy atom. The van der Waals surface area contributed by atoms with Crippen molar-refractivity contribution in [2.75, 3.05) is 36.0 Å². The number of alkyl halides is 3. The summed E-state index contributed by atoms with van der Waals surface area (Å²) in [6.45, 7) is 4.42. The Balaban J connectivity index is 1.56. The zero-order valence-electron chi connectivity index (χ0n) is 14.0. The van der Waals surface area contributed by atoms with Crippen LogP contribution in [0.25, 0.3) is 5.65 Å². The highest BCUT2D eigenvalue weighted by Crippen LogP contribution is 2.30. The Hall–Kier alpha value is -2.91. The Bertz CT molecular complexity index is 912. The minimum Gasteiger partial charge on any atom is -0.350 e. The van der Waals surface area contributed by atoms with Crippen LogP contribution in [0, 0.1) is 6.92 Å². The quantitative estimate of drug-likeness (QED) is 0.695. The van der Waals surface area contributed by atoms with Crippen LogP contribution < -0.4 is 9.80 Å². The first-order valence-electron chi connectivity index (χ1n) is 8.11. The molecule has 0 bridgehead atoms. The number of rotatable bonds is 2. The molecule has 1 saturated heterocycles. The number of hydrogen-bond donors (Lipinski definition) is 0. The second-order valence-electron chi connectivity index (χ2n) is 6.14. The van der Waals surface area contributed by atoms with Crippen LogP contribution in [0.3, 0.4) is 0 Å². The first-order chi connectivity index (χ1) is 12.4. The van der Waals surface area contributed by atoms with Gasteiger partial charge >= 0.3 is 6.18 Å². The largest absolute Gasteiger partial charge is 0.434 e. The minimum atomic E-state index is -4.48. The first kappa shape index (κ1) is 16.6. The van der Waals surface area contributed by atoms with E-state index in [1.54, 1.807) is 12.4 Å². The summed E-state index contributed by atoms with van der Waals surface area (Å²) in [5, 5.41) is 0. The van der Waals surface area contributed by atoms with Crippen molar-refractivity contribution in [1.29, 1.82) is 0 Å². The van der Waals surface area contributed by atoms with Crippen LogP contribution in [0.1, 0.15) is 11.3 Å². The highest BCUT2D eigenvalue weighted by molar-refractivity contribution is 5.65. The van der Waals surface area contributed by atoms with Gasteiger partial charge in [-0.05, 0) is 12.5 Å². The third-order valence-corrected chi connectivity index (χ3v) is 4.28. The number of anilines is 2. The number of imidazole rings is 1. The van der Waals surface area contributed by atoms with Gasteiger partial charge < -0.3 is 14.2 Å². The Labute approximate surface area is 147 Å². The van der Waals surface area contributed by atoms with E-state index in [0.29, 0.717) is 37.9 Å². The molecule has 7 nitrogen and oxygen atoms in total. The summed E-state index contributed by atoms with van der Waals surface area (Å²) >= 11 is 0. The monoisotopic (exact) mass is 363 g/mol. The van der Waals surface area contributed by atoms with Crippen LogP contribution in [0.15, 0.2) is 31.0 Å². The summed E-state index contributed by atoms with van der Waals surface area (Å²) in [5.74, 6) is 1.11. The van der Waals surface area contributed by atoms with E-state index in [4.69, 9.17) is 0 Å². The topological polar surface area (TPSA) is 62.5 Å². The molecule has 0 radical (unpaired) electrons. The van der Waals surface area contributed by atoms with Crippen molar-refractivity contribution in [2.24, 2.45) is 0 Å². The van der Waals surface area contributed by atoms with E-state index in [0.717, 1.165) is 11.8 Å². The van der Waals surface area contributed by atoms with Crippen LogP contribution in [0.5, 0.6) is 0 Å². The highest BCUT2D eigenvalue weighted by atomic mass is 19.4. The van der Waals surface area contributed by atoms with Crippen molar-refractivity contribution in [3.63, 3.8) is 0 Å². The predicted octanol–water partition coefficient (Wildman–Crippen LogP) is 2.17. The van der Waals surface area contributed by atoms with Crippen molar-refractivity contribution in [1.82, 2.24) is 24.3 Å². The summed E-state index contributed by atoms with van der Waals surface area (Å²) in [7, 11) is 0. The van der Waals surface area contributed by atoms with Gasteiger partial charge in [0.05, 0.1) is 0 Å². The van der Waals surface area contributed by atoms with Crippen molar-refractivity contribution < 1.29 is 13.2 Å². The molecular weight excluding hydrogens is 347 g/mol. The van der Waals surface area contributed by atoms with E-state index in [1.165, 1.54) is 16.8 Å². The van der Waals surface area contributed by atoms with Crippen LogP contribution in [0.4, 0.5) is 24.9 Å². The van der Waals surface area contributed by atoms with Gasteiger partial charge in [0.2, 0.25) is 5.95 Å². The fourth-order valence-electron chi connectivity index (χ4n) is 2.93. The number of piperazine rings is 1. The summed E-state index contributed by atoms with van der Waals surface area (Å²) in [5.41, 5.74) is 0.279. The highest BCUT2D eigenvalue weighted by Gasteiger charge is 2.34. The lowest BCUT2D eigenvalue weighted by Gasteiger charge is -2.35. The fourth-order valence-corrected chi connectivity index (χ4v) is 2.93. The summed E-state index contributed by atoms with van der Waals surface area (Å²) < 4.78 is 40.2. The molecule has 3 aromatic heterocycles. The molecule has 0 spiro atoms. The zero-order chi connectivity index (χ0) is 18.3. The third kappa shape index (κ3) is 3.02. The van der Waals surface area contributed by atoms with E-state index >= 15 is 0 Å². The normalized spacial score (nSPS) is 15.7. The average molecular weight is 363 g/mol. The van der Waals surface area contributed by atoms with Crippen LogP contribution in [-0.2, 0) is 6.18 Å². The standard InChI is InChI=1S/C16H16F3N7/c1-11-8-21-15(22-9-11)25-6-4-24(5-7-25)13-14-23-12(16(17,18)19)10-26(14)3-2-20-13/h2-3,8-10H,4-7H2,1H3. The summed E-state index contributed by atoms with van der Waals surface area (Å²) in [6.07, 6.45) is 2.99. The van der Waals surface area contributed by atoms with Crippen LogP contribution in [0.2, 0.25) is 0 Å². The number of fused-ring (bicyclic) bond motifs is 1. The molecule has 4 rings (SSSR count). The van der Waals surface area contributed by atoms with Crippen molar-refractivity contribution in [2.45, 2.75) is 13.1 Å². The van der Waals surface area contributed by atoms with Gasteiger partial charge in [0.15, 0.2) is 17.2 Å². The Morgan fingerprint density at radius 3 is 2.27 bits per heavy atom. The van der Waals surface area contributed by atoms with E-state index < -0.39 is 11.9 Å². The molecule has 1 fully saturated rings. The predicted molar refractivity (Wildman–Crippen MR) is 89.2 cm³/mol. The second-order valence-corrected chi connectivity index (χ2v) is 6.14. The number of hydrogen-bond acceptors (Lipinski definition) is 6. The van der Waals surface area contributed by atoms with E-state index in [9.17, 15) is 13.2 Å². The molecule has 3 aromatic rings. The van der Waals surface area contributed by atoms with Crippen molar-refractivity contribution >= 4 is 17.4 Å². The summed E-state index contributed by atoms with van der Waals surface area (Å²) in [4.78, 5) is 20.6. The summed E-state index contributed by atoms with van der Waals surface area (Å²) in [6, 6.07) is 0. The number of halogens is 3. The maximum Gasteiger partial charge on any atom is 0.434 e.